The second-order valence-corrected chi connectivity index (χ2v) is 5.93. The van der Waals surface area contributed by atoms with Crippen LogP contribution in [0, 0.1) is 0 Å². The van der Waals surface area contributed by atoms with Crippen LogP contribution in [0.15, 0.2) is 0 Å². The molecule has 6 nitrogen and oxygen atoms in total. The lowest BCUT2D eigenvalue weighted by Crippen LogP contribution is -2.42. The molecule has 5 atom stereocenters. The number of aliphatic hydroxyl groups excluding tert-OH is 1. The summed E-state index contributed by atoms with van der Waals surface area (Å²) in [4.78, 5) is 0. The third-order valence-electron chi connectivity index (χ3n) is 3.45. The molecule has 0 amide bonds. The van der Waals surface area contributed by atoms with Crippen molar-refractivity contribution in [2.24, 2.45) is 0 Å². The van der Waals surface area contributed by atoms with E-state index in [0.29, 0.717) is 6.61 Å². The average Bonchev–Trinajstić information content (AvgIpc) is 2.81. The number of hydrogen-bond donors (Lipinski definition) is 1. The van der Waals surface area contributed by atoms with Crippen LogP contribution in [0.2, 0.25) is 0 Å². The summed E-state index contributed by atoms with van der Waals surface area (Å²) in [6.45, 7) is 7.68. The number of ether oxygens (including phenoxy) is 5. The molecule has 0 aromatic carbocycles. The van der Waals surface area contributed by atoms with Gasteiger partial charge >= 0.3 is 0 Å². The van der Waals surface area contributed by atoms with E-state index in [4.69, 9.17) is 23.7 Å². The van der Waals surface area contributed by atoms with E-state index in [-0.39, 0.29) is 6.10 Å². The van der Waals surface area contributed by atoms with Gasteiger partial charge in [-0.2, -0.15) is 0 Å². The minimum atomic E-state index is -0.765. The Balaban J connectivity index is 1.68. The molecule has 0 bridgehead atoms. The van der Waals surface area contributed by atoms with Crippen molar-refractivity contribution in [3.63, 3.8) is 0 Å². The van der Waals surface area contributed by atoms with Gasteiger partial charge in [0.1, 0.15) is 24.4 Å². The number of aliphatic hydroxyl groups is 1. The highest BCUT2D eigenvalue weighted by molar-refractivity contribution is 4.97. The lowest BCUT2D eigenvalue weighted by molar-refractivity contribution is -0.232. The summed E-state index contributed by atoms with van der Waals surface area (Å²) in [6, 6.07) is 0. The van der Waals surface area contributed by atoms with E-state index >= 15 is 0 Å². The van der Waals surface area contributed by atoms with Crippen LogP contribution in [0.5, 0.6) is 0 Å². The van der Waals surface area contributed by atoms with E-state index in [1.807, 2.05) is 13.8 Å². The zero-order chi connectivity index (χ0) is 13.1. The van der Waals surface area contributed by atoms with E-state index in [9.17, 15) is 5.11 Å². The van der Waals surface area contributed by atoms with Crippen LogP contribution in [0.25, 0.3) is 0 Å². The molecule has 0 aromatic rings. The van der Waals surface area contributed by atoms with Crippen molar-refractivity contribution in [3.05, 3.63) is 0 Å². The quantitative estimate of drug-likeness (QED) is 0.735. The molecule has 0 spiro atoms. The van der Waals surface area contributed by atoms with Gasteiger partial charge in [0.15, 0.2) is 17.9 Å². The van der Waals surface area contributed by atoms with Crippen LogP contribution in [0.4, 0.5) is 0 Å². The highest BCUT2D eigenvalue weighted by atomic mass is 16.8. The number of rotatable bonds is 1. The van der Waals surface area contributed by atoms with Crippen molar-refractivity contribution in [3.8, 4) is 0 Å². The van der Waals surface area contributed by atoms with Crippen molar-refractivity contribution in [1.29, 1.82) is 0 Å². The van der Waals surface area contributed by atoms with Gasteiger partial charge in [-0.1, -0.05) is 0 Å². The van der Waals surface area contributed by atoms with E-state index in [0.717, 1.165) is 0 Å². The number of fused-ring (bicyclic) bond motifs is 1. The molecule has 3 aliphatic heterocycles. The normalized spacial score (nSPS) is 49.5. The molecule has 3 aliphatic rings. The molecule has 3 heterocycles. The summed E-state index contributed by atoms with van der Waals surface area (Å²) in [5, 5.41) is 10.3. The minimum Gasteiger partial charge on any atom is -0.387 e. The van der Waals surface area contributed by atoms with Gasteiger partial charge in [-0.25, -0.2) is 0 Å². The summed E-state index contributed by atoms with van der Waals surface area (Å²) in [5.74, 6) is -1.35. The molecule has 18 heavy (non-hydrogen) atoms. The first-order valence-electron chi connectivity index (χ1n) is 6.28. The fraction of sp³-hybridized carbons (Fsp3) is 1.00. The van der Waals surface area contributed by atoms with Crippen molar-refractivity contribution in [2.75, 3.05) is 6.61 Å². The Morgan fingerprint density at radius 1 is 0.944 bits per heavy atom. The van der Waals surface area contributed by atoms with E-state index in [1.165, 1.54) is 0 Å². The Labute approximate surface area is 106 Å². The van der Waals surface area contributed by atoms with Crippen LogP contribution < -0.4 is 0 Å². The molecule has 104 valence electrons. The fourth-order valence-electron chi connectivity index (χ4n) is 2.70. The zero-order valence-electron chi connectivity index (χ0n) is 11.1. The first-order valence-corrected chi connectivity index (χ1v) is 6.28. The smallest absolute Gasteiger partial charge is 0.190 e. The van der Waals surface area contributed by atoms with Crippen molar-refractivity contribution >= 4 is 0 Å². The van der Waals surface area contributed by atoms with Gasteiger partial charge in [-0.3, -0.25) is 0 Å². The lowest BCUT2D eigenvalue weighted by atomic mass is 10.1. The van der Waals surface area contributed by atoms with Gasteiger partial charge < -0.3 is 28.8 Å². The van der Waals surface area contributed by atoms with Crippen LogP contribution in [0.1, 0.15) is 27.7 Å². The van der Waals surface area contributed by atoms with Gasteiger partial charge in [-0.05, 0) is 27.7 Å². The molecule has 3 rings (SSSR count). The van der Waals surface area contributed by atoms with Crippen LogP contribution >= 0.6 is 0 Å². The first kappa shape index (κ1) is 12.8. The minimum absolute atomic E-state index is 0.295. The van der Waals surface area contributed by atoms with Crippen LogP contribution in [-0.4, -0.2) is 54.0 Å². The first-order chi connectivity index (χ1) is 8.27. The monoisotopic (exact) mass is 260 g/mol. The predicted molar refractivity (Wildman–Crippen MR) is 59.6 cm³/mol. The SMILES string of the molecule is CC1(C)OC2[C@H](O[C@H]([C@@H]3COC(C)(C)O3)[C@H]2O)O1. The predicted octanol–water partition coefficient (Wildman–Crippen LogP) is 0.375. The summed E-state index contributed by atoms with van der Waals surface area (Å²) >= 11 is 0. The molecule has 0 saturated carbocycles. The molecule has 0 radical (unpaired) electrons. The molecule has 0 aliphatic carbocycles. The second kappa shape index (κ2) is 3.88. The average molecular weight is 260 g/mol. The van der Waals surface area contributed by atoms with E-state index in [1.54, 1.807) is 13.8 Å². The summed E-state index contributed by atoms with van der Waals surface area (Å²) < 4.78 is 28.1. The topological polar surface area (TPSA) is 66.4 Å². The molecule has 0 aromatic heterocycles. The van der Waals surface area contributed by atoms with Crippen LogP contribution in [0.3, 0.4) is 0 Å². The molecule has 3 fully saturated rings. The van der Waals surface area contributed by atoms with Crippen LogP contribution in [-0.2, 0) is 23.7 Å². The highest BCUT2D eigenvalue weighted by Crippen LogP contribution is 2.40. The Morgan fingerprint density at radius 3 is 2.22 bits per heavy atom. The molecular formula is C12H20O6. The van der Waals surface area contributed by atoms with Crippen molar-refractivity contribution in [1.82, 2.24) is 0 Å². The fourth-order valence-corrected chi connectivity index (χ4v) is 2.70. The van der Waals surface area contributed by atoms with Gasteiger partial charge in [0.05, 0.1) is 6.61 Å². The Kier molecular flexibility index (Phi) is 2.75. The molecule has 1 N–H and O–H groups in total. The largest absolute Gasteiger partial charge is 0.387 e. The molecule has 3 saturated heterocycles. The van der Waals surface area contributed by atoms with Gasteiger partial charge in [-0.15, -0.1) is 0 Å². The van der Waals surface area contributed by atoms with Gasteiger partial charge in [0.25, 0.3) is 0 Å². The van der Waals surface area contributed by atoms with Gasteiger partial charge in [0.2, 0.25) is 0 Å². The van der Waals surface area contributed by atoms with Crippen molar-refractivity contribution < 1.29 is 28.8 Å². The molecular weight excluding hydrogens is 240 g/mol. The van der Waals surface area contributed by atoms with E-state index in [2.05, 4.69) is 0 Å². The standard InChI is InChI=1S/C12H20O6/c1-11(2)14-5-6(16-11)8-7(13)9-10(15-8)18-12(3,4)17-9/h6-10,13H,5H2,1-4H3/t6-,7+,8+,9?,10+/m0/s1. The second-order valence-electron chi connectivity index (χ2n) is 5.93. The summed E-state index contributed by atoms with van der Waals surface area (Å²) in [7, 11) is 0. The third-order valence-corrected chi connectivity index (χ3v) is 3.45. The maximum atomic E-state index is 10.3. The summed E-state index contributed by atoms with van der Waals surface area (Å²) in [6.07, 6.45) is -2.53. The van der Waals surface area contributed by atoms with E-state index < -0.39 is 36.2 Å². The summed E-state index contributed by atoms with van der Waals surface area (Å²) in [5.41, 5.74) is 0. The Bertz CT molecular complexity index is 341. The maximum Gasteiger partial charge on any atom is 0.190 e. The molecule has 6 heteroatoms. The Hall–Kier alpha value is -0.240. The van der Waals surface area contributed by atoms with Crippen molar-refractivity contribution in [2.45, 2.75) is 70.0 Å². The highest BCUT2D eigenvalue weighted by Gasteiger charge is 2.57. The van der Waals surface area contributed by atoms with Gasteiger partial charge in [0, 0.05) is 0 Å². The number of hydrogen-bond acceptors (Lipinski definition) is 6. The maximum absolute atomic E-state index is 10.3. The molecule has 1 unspecified atom stereocenters. The Morgan fingerprint density at radius 2 is 1.67 bits per heavy atom. The third kappa shape index (κ3) is 2.07. The lowest BCUT2D eigenvalue weighted by Gasteiger charge is -2.26. The zero-order valence-corrected chi connectivity index (χ0v) is 11.1.